The number of hydrogen-bond donors (Lipinski definition) is 1. The van der Waals surface area contributed by atoms with Crippen molar-refractivity contribution in [1.29, 1.82) is 0 Å². The summed E-state index contributed by atoms with van der Waals surface area (Å²) in [5, 5.41) is 9.10. The van der Waals surface area contributed by atoms with Crippen molar-refractivity contribution in [3.63, 3.8) is 0 Å². The average Bonchev–Trinajstić information content (AvgIpc) is 2.77. The van der Waals surface area contributed by atoms with Crippen molar-refractivity contribution < 1.29 is 14.7 Å². The molecule has 2 rings (SSSR count). The van der Waals surface area contributed by atoms with Crippen molar-refractivity contribution in [3.05, 3.63) is 35.4 Å². The van der Waals surface area contributed by atoms with Crippen molar-refractivity contribution in [1.82, 2.24) is 0 Å². The van der Waals surface area contributed by atoms with Crippen LogP contribution in [0.25, 0.3) is 0 Å². The molecule has 0 bridgehead atoms. The van der Waals surface area contributed by atoms with Gasteiger partial charge in [-0.3, -0.25) is 9.59 Å². The quantitative estimate of drug-likeness (QED) is 0.815. The van der Waals surface area contributed by atoms with Gasteiger partial charge in [-0.15, -0.1) is 0 Å². The molecule has 90 valence electrons. The lowest BCUT2D eigenvalue weighted by molar-refractivity contribution is -0.142. The van der Waals surface area contributed by atoms with Crippen molar-refractivity contribution in [3.8, 4) is 0 Å². The number of aryl methyl sites for hydroxylation is 1. The molecule has 1 aromatic rings. The van der Waals surface area contributed by atoms with E-state index in [1.54, 1.807) is 6.07 Å². The van der Waals surface area contributed by atoms with E-state index in [-0.39, 0.29) is 11.7 Å². The van der Waals surface area contributed by atoms with Crippen LogP contribution in [-0.4, -0.2) is 16.9 Å². The minimum atomic E-state index is -0.838. The highest BCUT2D eigenvalue weighted by atomic mass is 16.4. The Bertz CT molecular complexity index is 451. The molecule has 1 aliphatic carbocycles. The molecule has 1 fully saturated rings. The Morgan fingerprint density at radius 1 is 1.18 bits per heavy atom. The number of Topliss-reactive ketones (excluding diaryl/α,β-unsaturated/α-hetero) is 1. The molecule has 0 saturated heterocycles. The van der Waals surface area contributed by atoms with E-state index in [0.29, 0.717) is 18.4 Å². The fourth-order valence-electron chi connectivity index (χ4n) is 2.62. The standard InChI is InChI=1S/C14H16O3/c1-9-5-2-3-6-10(9)13(15)11-7-4-8-12(11)14(16)17/h2-3,5-6,11-12H,4,7-8H2,1H3,(H,16,17)/t11-,12+/m1/s1. The van der Waals surface area contributed by atoms with E-state index in [1.165, 1.54) is 0 Å². The predicted molar refractivity (Wildman–Crippen MR) is 64.0 cm³/mol. The Kier molecular flexibility index (Phi) is 3.27. The molecule has 3 nitrogen and oxygen atoms in total. The fourth-order valence-corrected chi connectivity index (χ4v) is 2.62. The number of aliphatic carboxylic acids is 1. The summed E-state index contributed by atoms with van der Waals surface area (Å²) in [5.74, 6) is -1.68. The fraction of sp³-hybridized carbons (Fsp3) is 0.429. The Labute approximate surface area is 100 Å². The molecule has 1 aliphatic rings. The molecule has 17 heavy (non-hydrogen) atoms. The van der Waals surface area contributed by atoms with Crippen LogP contribution in [0.2, 0.25) is 0 Å². The molecule has 2 atom stereocenters. The highest BCUT2D eigenvalue weighted by Gasteiger charge is 2.38. The smallest absolute Gasteiger partial charge is 0.307 e. The van der Waals surface area contributed by atoms with Gasteiger partial charge in [-0.1, -0.05) is 30.7 Å². The maximum atomic E-state index is 12.3. The van der Waals surface area contributed by atoms with E-state index >= 15 is 0 Å². The number of carbonyl (C=O) groups is 2. The number of ketones is 1. The van der Waals surface area contributed by atoms with Crippen LogP contribution in [0.3, 0.4) is 0 Å². The largest absolute Gasteiger partial charge is 0.481 e. The molecular formula is C14H16O3. The van der Waals surface area contributed by atoms with Gasteiger partial charge >= 0.3 is 5.97 Å². The van der Waals surface area contributed by atoms with Crippen molar-refractivity contribution in [2.45, 2.75) is 26.2 Å². The second kappa shape index (κ2) is 4.70. The molecule has 0 spiro atoms. The van der Waals surface area contributed by atoms with Gasteiger partial charge in [0, 0.05) is 11.5 Å². The molecule has 0 amide bonds. The first-order valence-electron chi connectivity index (χ1n) is 5.94. The molecular weight excluding hydrogens is 216 g/mol. The molecule has 0 heterocycles. The van der Waals surface area contributed by atoms with Gasteiger partial charge in [-0.2, -0.15) is 0 Å². The molecule has 0 radical (unpaired) electrons. The minimum absolute atomic E-state index is 0.00648. The van der Waals surface area contributed by atoms with Crippen molar-refractivity contribution in [2.24, 2.45) is 11.8 Å². The predicted octanol–water partition coefficient (Wildman–Crippen LogP) is 2.68. The SMILES string of the molecule is Cc1ccccc1C(=O)[C@@H]1CCC[C@@H]1C(=O)O. The van der Waals surface area contributed by atoms with Crippen LogP contribution in [0, 0.1) is 18.8 Å². The first-order valence-corrected chi connectivity index (χ1v) is 5.94. The monoisotopic (exact) mass is 232 g/mol. The third-order valence-electron chi connectivity index (χ3n) is 3.58. The van der Waals surface area contributed by atoms with E-state index in [9.17, 15) is 9.59 Å². The first-order chi connectivity index (χ1) is 8.11. The highest BCUT2D eigenvalue weighted by molar-refractivity contribution is 6.01. The van der Waals surface area contributed by atoms with Crippen molar-refractivity contribution >= 4 is 11.8 Å². The van der Waals surface area contributed by atoms with Gasteiger partial charge < -0.3 is 5.11 Å². The molecule has 0 aromatic heterocycles. The normalized spacial score (nSPS) is 23.6. The third-order valence-corrected chi connectivity index (χ3v) is 3.58. The van der Waals surface area contributed by atoms with Crippen LogP contribution in [-0.2, 0) is 4.79 Å². The number of carboxylic acids is 1. The number of hydrogen-bond acceptors (Lipinski definition) is 2. The first kappa shape index (κ1) is 11.8. The number of rotatable bonds is 3. The molecule has 0 unspecified atom stereocenters. The highest BCUT2D eigenvalue weighted by Crippen LogP contribution is 2.34. The Balaban J connectivity index is 2.26. The summed E-state index contributed by atoms with van der Waals surface area (Å²) >= 11 is 0. The lowest BCUT2D eigenvalue weighted by Crippen LogP contribution is -2.25. The second-order valence-corrected chi connectivity index (χ2v) is 4.66. The topological polar surface area (TPSA) is 54.4 Å². The van der Waals surface area contributed by atoms with E-state index in [1.807, 2.05) is 25.1 Å². The third kappa shape index (κ3) is 2.23. The summed E-state index contributed by atoms with van der Waals surface area (Å²) in [7, 11) is 0. The van der Waals surface area contributed by atoms with Gasteiger partial charge in [0.2, 0.25) is 0 Å². The van der Waals surface area contributed by atoms with Gasteiger partial charge in [0.1, 0.15) is 0 Å². The molecule has 1 N–H and O–H groups in total. The summed E-state index contributed by atoms with van der Waals surface area (Å²) in [6.45, 7) is 1.89. The second-order valence-electron chi connectivity index (χ2n) is 4.66. The van der Waals surface area contributed by atoms with E-state index < -0.39 is 11.9 Å². The van der Waals surface area contributed by atoms with Gasteiger partial charge in [0.05, 0.1) is 5.92 Å². The van der Waals surface area contributed by atoms with Gasteiger partial charge in [0.15, 0.2) is 5.78 Å². The van der Waals surface area contributed by atoms with Crippen LogP contribution >= 0.6 is 0 Å². The van der Waals surface area contributed by atoms with E-state index in [2.05, 4.69) is 0 Å². The van der Waals surface area contributed by atoms with Gasteiger partial charge in [-0.05, 0) is 25.3 Å². The Hall–Kier alpha value is -1.64. The maximum Gasteiger partial charge on any atom is 0.307 e. The molecule has 1 aromatic carbocycles. The van der Waals surface area contributed by atoms with Gasteiger partial charge in [0.25, 0.3) is 0 Å². The summed E-state index contributed by atoms with van der Waals surface area (Å²) in [5.41, 5.74) is 1.60. The van der Waals surface area contributed by atoms with Crippen molar-refractivity contribution in [2.75, 3.05) is 0 Å². The number of carbonyl (C=O) groups excluding carboxylic acids is 1. The lowest BCUT2D eigenvalue weighted by atomic mass is 9.87. The zero-order chi connectivity index (χ0) is 12.4. The zero-order valence-electron chi connectivity index (χ0n) is 9.85. The van der Waals surface area contributed by atoms with Crippen LogP contribution in [0.1, 0.15) is 35.2 Å². The zero-order valence-corrected chi connectivity index (χ0v) is 9.85. The summed E-state index contributed by atoms with van der Waals surface area (Å²) in [6, 6.07) is 7.38. The summed E-state index contributed by atoms with van der Waals surface area (Å²) in [4.78, 5) is 23.4. The minimum Gasteiger partial charge on any atom is -0.481 e. The van der Waals surface area contributed by atoms with Crippen LogP contribution in [0.15, 0.2) is 24.3 Å². The van der Waals surface area contributed by atoms with Crippen LogP contribution < -0.4 is 0 Å². The number of carboxylic acid groups (broad SMARTS) is 1. The lowest BCUT2D eigenvalue weighted by Gasteiger charge is -2.15. The maximum absolute atomic E-state index is 12.3. The summed E-state index contributed by atoms with van der Waals surface area (Å²) in [6.07, 6.45) is 2.15. The van der Waals surface area contributed by atoms with E-state index in [0.717, 1.165) is 12.0 Å². The molecule has 1 saturated carbocycles. The van der Waals surface area contributed by atoms with Gasteiger partial charge in [-0.25, -0.2) is 0 Å². The van der Waals surface area contributed by atoms with E-state index in [4.69, 9.17) is 5.11 Å². The Morgan fingerprint density at radius 3 is 2.47 bits per heavy atom. The summed E-state index contributed by atoms with van der Waals surface area (Å²) < 4.78 is 0. The van der Waals surface area contributed by atoms with Crippen LogP contribution in [0.4, 0.5) is 0 Å². The molecule has 3 heteroatoms. The number of benzene rings is 1. The average molecular weight is 232 g/mol. The van der Waals surface area contributed by atoms with Crippen LogP contribution in [0.5, 0.6) is 0 Å². The Morgan fingerprint density at radius 2 is 1.82 bits per heavy atom. The molecule has 0 aliphatic heterocycles.